The molecule has 33 heavy (non-hydrogen) atoms. The quantitative estimate of drug-likeness (QED) is 0.423. The van der Waals surface area contributed by atoms with Gasteiger partial charge in [0.15, 0.2) is 5.82 Å². The summed E-state index contributed by atoms with van der Waals surface area (Å²) in [5.74, 6) is 1.49. The number of nitrogens with one attached hydrogen (secondary N) is 2. The molecular weight excluding hydrogens is 423 g/mol. The topological polar surface area (TPSA) is 109 Å². The average Bonchev–Trinajstić information content (AvgIpc) is 3.41. The van der Waals surface area contributed by atoms with E-state index in [-0.39, 0.29) is 18.2 Å². The van der Waals surface area contributed by atoms with Gasteiger partial charge in [0.2, 0.25) is 5.95 Å². The van der Waals surface area contributed by atoms with Gasteiger partial charge in [-0.15, -0.1) is 0 Å². The van der Waals surface area contributed by atoms with E-state index >= 15 is 0 Å². The zero-order valence-electron chi connectivity index (χ0n) is 18.3. The van der Waals surface area contributed by atoms with Crippen molar-refractivity contribution in [3.05, 3.63) is 71.1 Å². The first-order chi connectivity index (χ1) is 16.0. The van der Waals surface area contributed by atoms with Gasteiger partial charge in [0.05, 0.1) is 17.6 Å². The van der Waals surface area contributed by atoms with Crippen molar-refractivity contribution in [1.82, 2.24) is 24.7 Å². The van der Waals surface area contributed by atoms with E-state index in [1.165, 1.54) is 18.2 Å². The molecule has 2 aromatic heterocycles. The number of hydrogen-bond donors (Lipinski definition) is 3. The van der Waals surface area contributed by atoms with E-state index in [4.69, 9.17) is 0 Å². The molecule has 0 saturated heterocycles. The van der Waals surface area contributed by atoms with Crippen molar-refractivity contribution in [2.45, 2.75) is 51.2 Å². The fourth-order valence-corrected chi connectivity index (χ4v) is 4.63. The Kier molecular flexibility index (Phi) is 5.63. The number of aromatic nitrogens is 5. The highest BCUT2D eigenvalue weighted by atomic mass is 19.1. The Morgan fingerprint density at radius 1 is 1.18 bits per heavy atom. The molecule has 0 atom stereocenters. The zero-order valence-corrected chi connectivity index (χ0v) is 18.3. The van der Waals surface area contributed by atoms with E-state index in [9.17, 15) is 14.3 Å². The summed E-state index contributed by atoms with van der Waals surface area (Å²) in [5, 5.41) is 19.8. The molecule has 3 N–H and O–H groups in total. The van der Waals surface area contributed by atoms with E-state index < -0.39 is 11.7 Å². The number of benzene rings is 2. The highest BCUT2D eigenvalue weighted by Gasteiger charge is 2.29. The molecule has 1 amide bonds. The number of aryl methyl sites for hydroxylation is 1. The normalized spacial score (nSPS) is 18.5. The number of aromatic amines is 1. The standard InChI is InChI=1S/C24H25FN6O2/c1-14-26-22(30-29-14)16-6-8-19(9-7-16)31-21-11-15(13-32)5-10-20(21)27-24(31)28-23(33)17-3-2-4-18(25)12-17/h2-5,10-12,16,19,32H,6-9,13H2,1H3,(H,26,29,30)(H,27,28,33). The molecule has 8 nitrogen and oxygen atoms in total. The highest BCUT2D eigenvalue weighted by molar-refractivity contribution is 6.04. The summed E-state index contributed by atoms with van der Waals surface area (Å²) in [6.07, 6.45) is 3.57. The van der Waals surface area contributed by atoms with Gasteiger partial charge in [0.1, 0.15) is 11.6 Å². The second kappa shape index (κ2) is 8.74. The molecule has 0 unspecified atom stereocenters. The summed E-state index contributed by atoms with van der Waals surface area (Å²) in [6, 6.07) is 11.3. The third-order valence-corrected chi connectivity index (χ3v) is 6.29. The fraction of sp³-hybridized carbons (Fsp3) is 0.333. The number of rotatable bonds is 5. The summed E-state index contributed by atoms with van der Waals surface area (Å²) in [4.78, 5) is 22.0. The molecular formula is C24H25FN6O2. The number of amides is 1. The SMILES string of the molecule is Cc1nc(C2CCC(n3c(NC(=O)c4cccc(F)c4)nc4ccc(CO)cc43)CC2)n[nH]1. The minimum absolute atomic E-state index is 0.0803. The Balaban J connectivity index is 1.46. The summed E-state index contributed by atoms with van der Waals surface area (Å²) in [5.41, 5.74) is 2.59. The number of hydrogen-bond acceptors (Lipinski definition) is 5. The molecule has 2 heterocycles. The lowest BCUT2D eigenvalue weighted by atomic mass is 9.85. The van der Waals surface area contributed by atoms with Gasteiger partial charge in [-0.2, -0.15) is 5.10 Å². The van der Waals surface area contributed by atoms with Crippen molar-refractivity contribution in [1.29, 1.82) is 0 Å². The summed E-state index contributed by atoms with van der Waals surface area (Å²) >= 11 is 0. The van der Waals surface area contributed by atoms with Crippen LogP contribution < -0.4 is 5.32 Å². The van der Waals surface area contributed by atoms with E-state index in [0.717, 1.165) is 53.9 Å². The maximum Gasteiger partial charge on any atom is 0.258 e. The van der Waals surface area contributed by atoms with Gasteiger partial charge < -0.3 is 9.67 Å². The minimum Gasteiger partial charge on any atom is -0.392 e. The predicted molar refractivity (Wildman–Crippen MR) is 121 cm³/mol. The monoisotopic (exact) mass is 448 g/mol. The van der Waals surface area contributed by atoms with E-state index in [1.807, 2.05) is 29.7 Å². The lowest BCUT2D eigenvalue weighted by Gasteiger charge is -2.29. The number of imidazole rings is 1. The van der Waals surface area contributed by atoms with Crippen LogP contribution in [0, 0.1) is 12.7 Å². The highest BCUT2D eigenvalue weighted by Crippen LogP contribution is 2.40. The first-order valence-electron chi connectivity index (χ1n) is 11.1. The molecule has 1 aliphatic carbocycles. The van der Waals surface area contributed by atoms with Crippen molar-refractivity contribution >= 4 is 22.9 Å². The van der Waals surface area contributed by atoms with Crippen LogP contribution >= 0.6 is 0 Å². The number of fused-ring (bicyclic) bond motifs is 1. The minimum atomic E-state index is -0.468. The number of halogens is 1. The molecule has 1 fully saturated rings. The first kappa shape index (κ1) is 21.3. The van der Waals surface area contributed by atoms with Crippen LogP contribution in [0.25, 0.3) is 11.0 Å². The van der Waals surface area contributed by atoms with Crippen LogP contribution in [0.3, 0.4) is 0 Å². The van der Waals surface area contributed by atoms with Crippen LogP contribution in [-0.2, 0) is 6.61 Å². The number of nitrogens with zero attached hydrogens (tertiary/aromatic N) is 4. The average molecular weight is 449 g/mol. The van der Waals surface area contributed by atoms with Crippen molar-refractivity contribution in [3.63, 3.8) is 0 Å². The van der Waals surface area contributed by atoms with E-state index in [0.29, 0.717) is 11.9 Å². The second-order valence-electron chi connectivity index (χ2n) is 8.54. The number of carbonyl (C=O) groups is 1. The first-order valence-corrected chi connectivity index (χ1v) is 11.1. The summed E-state index contributed by atoms with van der Waals surface area (Å²) < 4.78 is 15.7. The molecule has 1 aliphatic rings. The predicted octanol–water partition coefficient (Wildman–Crippen LogP) is 4.25. The number of anilines is 1. The number of aliphatic hydroxyl groups excluding tert-OH is 1. The van der Waals surface area contributed by atoms with Crippen LogP contribution in [0.2, 0.25) is 0 Å². The molecule has 0 spiro atoms. The molecule has 2 aromatic carbocycles. The molecule has 4 aromatic rings. The Bertz CT molecular complexity index is 1310. The Labute approximate surface area is 189 Å². The van der Waals surface area contributed by atoms with Crippen molar-refractivity contribution in [2.24, 2.45) is 0 Å². The largest absolute Gasteiger partial charge is 0.392 e. The number of aliphatic hydroxyl groups is 1. The molecule has 0 radical (unpaired) electrons. The van der Waals surface area contributed by atoms with Crippen LogP contribution in [0.15, 0.2) is 42.5 Å². The Hall–Kier alpha value is -3.59. The van der Waals surface area contributed by atoms with E-state index in [1.54, 1.807) is 6.07 Å². The lowest BCUT2D eigenvalue weighted by molar-refractivity contribution is 0.102. The van der Waals surface area contributed by atoms with Crippen molar-refractivity contribution in [2.75, 3.05) is 5.32 Å². The van der Waals surface area contributed by atoms with Gasteiger partial charge in [0.25, 0.3) is 5.91 Å². The molecule has 0 bridgehead atoms. The van der Waals surface area contributed by atoms with Crippen molar-refractivity contribution in [3.8, 4) is 0 Å². The summed E-state index contributed by atoms with van der Waals surface area (Å²) in [7, 11) is 0. The molecule has 9 heteroatoms. The third-order valence-electron chi connectivity index (χ3n) is 6.29. The number of H-pyrrole nitrogens is 1. The van der Waals surface area contributed by atoms with E-state index in [2.05, 4.69) is 25.5 Å². The van der Waals surface area contributed by atoms with Gasteiger partial charge in [-0.1, -0.05) is 12.1 Å². The van der Waals surface area contributed by atoms with Gasteiger partial charge in [-0.3, -0.25) is 15.2 Å². The summed E-state index contributed by atoms with van der Waals surface area (Å²) in [6.45, 7) is 1.81. The third kappa shape index (κ3) is 4.23. The Morgan fingerprint density at radius 3 is 2.70 bits per heavy atom. The van der Waals surface area contributed by atoms with Crippen LogP contribution in [0.5, 0.6) is 0 Å². The second-order valence-corrected chi connectivity index (χ2v) is 8.54. The van der Waals surface area contributed by atoms with Crippen molar-refractivity contribution < 1.29 is 14.3 Å². The zero-order chi connectivity index (χ0) is 22.9. The van der Waals surface area contributed by atoms with Crippen LogP contribution in [0.4, 0.5) is 10.3 Å². The maximum absolute atomic E-state index is 13.6. The lowest BCUT2D eigenvalue weighted by Crippen LogP contribution is -2.22. The fourth-order valence-electron chi connectivity index (χ4n) is 4.63. The molecule has 5 rings (SSSR count). The molecule has 170 valence electrons. The molecule has 1 saturated carbocycles. The number of carbonyl (C=O) groups excluding carboxylic acids is 1. The molecule has 0 aliphatic heterocycles. The van der Waals surface area contributed by atoms with Gasteiger partial charge in [0, 0.05) is 17.5 Å². The Morgan fingerprint density at radius 2 is 2.00 bits per heavy atom. The smallest absolute Gasteiger partial charge is 0.258 e. The van der Waals surface area contributed by atoms with Gasteiger partial charge >= 0.3 is 0 Å². The maximum atomic E-state index is 13.6. The van der Waals surface area contributed by atoms with Gasteiger partial charge in [-0.25, -0.2) is 14.4 Å². The van der Waals surface area contributed by atoms with Gasteiger partial charge in [-0.05, 0) is 68.5 Å². The van der Waals surface area contributed by atoms with Crippen LogP contribution in [0.1, 0.15) is 65.2 Å². The van der Waals surface area contributed by atoms with Crippen LogP contribution in [-0.4, -0.2) is 35.7 Å².